The maximum Gasteiger partial charge on any atom is 0.239 e. The fourth-order valence-corrected chi connectivity index (χ4v) is 6.06. The van der Waals surface area contributed by atoms with Crippen molar-refractivity contribution in [2.75, 3.05) is 34.0 Å². The lowest BCUT2D eigenvalue weighted by Gasteiger charge is -2.33. The number of primary amides is 1. The predicted octanol–water partition coefficient (Wildman–Crippen LogP) is 3.44. The number of nitrogens with two attached hydrogens (primary N) is 1. The van der Waals surface area contributed by atoms with Gasteiger partial charge < -0.3 is 24.7 Å². The summed E-state index contributed by atoms with van der Waals surface area (Å²) >= 11 is 0. The summed E-state index contributed by atoms with van der Waals surface area (Å²) in [5.41, 5.74) is 6.61. The van der Waals surface area contributed by atoms with Gasteiger partial charge in [0.1, 0.15) is 11.5 Å². The molecule has 0 saturated carbocycles. The number of unbranched alkanes of at least 4 members (excludes halogenated alkanes) is 1. The van der Waals surface area contributed by atoms with Crippen molar-refractivity contribution >= 4 is 15.7 Å². The Bertz CT molecular complexity index is 1030. The maximum atomic E-state index is 13.2. The normalized spacial score (nSPS) is 16.5. The van der Waals surface area contributed by atoms with Crippen LogP contribution in [0.25, 0.3) is 0 Å². The number of hydrogen-bond acceptors (Lipinski definition) is 7. The Morgan fingerprint density at radius 2 is 1.62 bits per heavy atom. The molecule has 1 aliphatic heterocycles. The van der Waals surface area contributed by atoms with Crippen LogP contribution in [0.2, 0.25) is 0 Å². The Kier molecular flexibility index (Phi) is 8.93. The van der Waals surface area contributed by atoms with Crippen LogP contribution in [0.3, 0.4) is 0 Å². The molecular weight excluding hydrogens is 458 g/mol. The van der Waals surface area contributed by atoms with E-state index in [2.05, 4.69) is 0 Å². The van der Waals surface area contributed by atoms with E-state index in [4.69, 9.17) is 24.7 Å². The van der Waals surface area contributed by atoms with Crippen molar-refractivity contribution in [3.8, 4) is 11.5 Å². The Morgan fingerprint density at radius 3 is 2.18 bits per heavy atom. The summed E-state index contributed by atoms with van der Waals surface area (Å²) in [5, 5.41) is 0. The molecule has 1 saturated heterocycles. The van der Waals surface area contributed by atoms with Crippen LogP contribution >= 0.6 is 0 Å². The molecule has 8 nitrogen and oxygen atoms in total. The van der Waals surface area contributed by atoms with Crippen LogP contribution in [-0.2, 0) is 24.1 Å². The molecule has 186 valence electrons. The van der Waals surface area contributed by atoms with Gasteiger partial charge in [-0.3, -0.25) is 4.79 Å². The molecule has 0 radical (unpaired) electrons. The second-order valence-corrected chi connectivity index (χ2v) is 10.5. The topological polar surface area (TPSA) is 114 Å². The molecule has 0 spiro atoms. The van der Waals surface area contributed by atoms with E-state index in [1.165, 1.54) is 12.1 Å². The van der Waals surface area contributed by atoms with Gasteiger partial charge in [-0.05, 0) is 74.1 Å². The third kappa shape index (κ3) is 5.71. The van der Waals surface area contributed by atoms with Crippen LogP contribution in [0.4, 0.5) is 0 Å². The van der Waals surface area contributed by atoms with E-state index in [0.717, 1.165) is 30.6 Å². The van der Waals surface area contributed by atoms with Crippen LogP contribution < -0.4 is 15.2 Å². The summed E-state index contributed by atoms with van der Waals surface area (Å²) in [7, 11) is -0.608. The highest BCUT2D eigenvalue weighted by Gasteiger charge is 2.51. The molecule has 0 bridgehead atoms. The average molecular weight is 492 g/mol. The summed E-state index contributed by atoms with van der Waals surface area (Å²) in [6, 6.07) is 14.0. The lowest BCUT2D eigenvalue weighted by atomic mass is 9.98. The minimum Gasteiger partial charge on any atom is -0.497 e. The van der Waals surface area contributed by atoms with Gasteiger partial charge in [0.2, 0.25) is 5.91 Å². The minimum atomic E-state index is -3.94. The number of carbonyl (C=O) groups excluding carboxylic acids is 1. The molecule has 9 heteroatoms. The number of sulfone groups is 1. The van der Waals surface area contributed by atoms with Crippen molar-refractivity contribution in [2.45, 2.75) is 47.9 Å². The summed E-state index contributed by atoms with van der Waals surface area (Å²) in [6.07, 6.45) is 2.69. The second-order valence-electron chi connectivity index (χ2n) is 8.29. The minimum absolute atomic E-state index is 0.00170. The van der Waals surface area contributed by atoms with Crippen molar-refractivity contribution in [2.24, 2.45) is 5.73 Å². The highest BCUT2D eigenvalue weighted by molar-refractivity contribution is 7.93. The summed E-state index contributed by atoms with van der Waals surface area (Å²) < 4.78 is 46.6. The second kappa shape index (κ2) is 11.7. The molecule has 1 amide bonds. The van der Waals surface area contributed by atoms with Crippen molar-refractivity contribution in [1.29, 1.82) is 0 Å². The predicted molar refractivity (Wildman–Crippen MR) is 128 cm³/mol. The summed E-state index contributed by atoms with van der Waals surface area (Å²) in [5.74, 6) is 0.543. The van der Waals surface area contributed by atoms with Crippen LogP contribution in [0, 0.1) is 0 Å². The number of benzene rings is 2. The first-order valence-electron chi connectivity index (χ1n) is 11.4. The largest absolute Gasteiger partial charge is 0.497 e. The zero-order valence-corrected chi connectivity index (χ0v) is 20.5. The molecule has 0 aromatic heterocycles. The quantitative estimate of drug-likeness (QED) is 0.452. The molecule has 1 heterocycles. The van der Waals surface area contributed by atoms with Gasteiger partial charge in [-0.2, -0.15) is 0 Å². The number of ether oxygens (including phenoxy) is 4. The van der Waals surface area contributed by atoms with Gasteiger partial charge in [-0.15, -0.1) is 0 Å². The zero-order valence-electron chi connectivity index (χ0n) is 19.7. The van der Waals surface area contributed by atoms with Crippen molar-refractivity contribution in [3.63, 3.8) is 0 Å². The van der Waals surface area contributed by atoms with Gasteiger partial charge in [0.25, 0.3) is 0 Å². The Hall–Kier alpha value is -2.62. The fourth-order valence-electron chi connectivity index (χ4n) is 4.15. The third-order valence-electron chi connectivity index (χ3n) is 6.30. The molecule has 2 aromatic rings. The third-order valence-corrected chi connectivity index (χ3v) is 8.83. The van der Waals surface area contributed by atoms with E-state index in [1.54, 1.807) is 26.4 Å². The fraction of sp³-hybridized carbons (Fsp3) is 0.480. The SMILES string of the molecule is COc1ccc(C(CCCCOc2ccc(S(=O)(=O)C3(C(N)=O)CCOCC3)cc2)OC)cc1. The lowest BCUT2D eigenvalue weighted by Crippen LogP contribution is -2.53. The number of carbonyl (C=O) groups is 1. The number of rotatable bonds is 12. The molecule has 1 atom stereocenters. The van der Waals surface area contributed by atoms with E-state index < -0.39 is 20.5 Å². The van der Waals surface area contributed by atoms with Crippen molar-refractivity contribution < 1.29 is 32.2 Å². The number of hydrogen-bond donors (Lipinski definition) is 1. The van der Waals surface area contributed by atoms with Gasteiger partial charge in [0.05, 0.1) is 24.7 Å². The van der Waals surface area contributed by atoms with Crippen LogP contribution in [-0.4, -0.2) is 53.1 Å². The van der Waals surface area contributed by atoms with Crippen molar-refractivity contribution in [3.05, 3.63) is 54.1 Å². The summed E-state index contributed by atoms with van der Waals surface area (Å²) in [6.45, 7) is 0.866. The standard InChI is InChI=1S/C25H33NO7S/c1-30-20-8-6-19(7-9-20)23(31-2)5-3-4-16-33-21-10-12-22(13-11-21)34(28,29)25(24(26)27)14-17-32-18-15-25/h6-13,23H,3-5,14-18H2,1-2H3,(H2,26,27). The first-order chi connectivity index (χ1) is 16.3. The molecular formula is C25H33NO7S. The van der Waals surface area contributed by atoms with E-state index in [0.29, 0.717) is 12.4 Å². The Labute approximate surface area is 201 Å². The van der Waals surface area contributed by atoms with Crippen molar-refractivity contribution in [1.82, 2.24) is 0 Å². The first-order valence-corrected chi connectivity index (χ1v) is 12.8. The maximum absolute atomic E-state index is 13.2. The molecule has 2 aromatic carbocycles. The Balaban J connectivity index is 1.51. The van der Waals surface area contributed by atoms with E-state index >= 15 is 0 Å². The van der Waals surface area contributed by atoms with Gasteiger partial charge >= 0.3 is 0 Å². The first kappa shape index (κ1) is 26.0. The lowest BCUT2D eigenvalue weighted by molar-refractivity contribution is -0.122. The number of methoxy groups -OCH3 is 2. The molecule has 1 aliphatic rings. The van der Waals surface area contributed by atoms with E-state index in [-0.39, 0.29) is 37.1 Å². The van der Waals surface area contributed by atoms with Crippen LogP contribution in [0.15, 0.2) is 53.4 Å². The van der Waals surface area contributed by atoms with Gasteiger partial charge in [0.15, 0.2) is 14.6 Å². The number of amides is 1. The molecule has 34 heavy (non-hydrogen) atoms. The molecule has 1 fully saturated rings. The molecule has 2 N–H and O–H groups in total. The average Bonchev–Trinajstić information content (AvgIpc) is 2.87. The van der Waals surface area contributed by atoms with Gasteiger partial charge in [-0.25, -0.2) is 8.42 Å². The van der Waals surface area contributed by atoms with Gasteiger partial charge in [0, 0.05) is 20.3 Å². The van der Waals surface area contributed by atoms with E-state index in [1.807, 2.05) is 24.3 Å². The Morgan fingerprint density at radius 1 is 1.00 bits per heavy atom. The van der Waals surface area contributed by atoms with Gasteiger partial charge in [-0.1, -0.05) is 12.1 Å². The monoisotopic (exact) mass is 491 g/mol. The molecule has 0 aliphatic carbocycles. The zero-order chi connectivity index (χ0) is 24.6. The van der Waals surface area contributed by atoms with E-state index in [9.17, 15) is 13.2 Å². The highest BCUT2D eigenvalue weighted by atomic mass is 32.2. The smallest absolute Gasteiger partial charge is 0.239 e. The molecule has 3 rings (SSSR count). The van der Waals surface area contributed by atoms with Crippen LogP contribution in [0.5, 0.6) is 11.5 Å². The highest BCUT2D eigenvalue weighted by Crippen LogP contribution is 2.35. The van der Waals surface area contributed by atoms with Crippen LogP contribution in [0.1, 0.15) is 43.8 Å². The molecule has 1 unspecified atom stereocenters. The summed E-state index contributed by atoms with van der Waals surface area (Å²) in [4.78, 5) is 12.2.